The fourth-order valence-electron chi connectivity index (χ4n) is 4.43. The van der Waals surface area contributed by atoms with Gasteiger partial charge in [0.25, 0.3) is 0 Å². The van der Waals surface area contributed by atoms with Crippen LogP contribution in [-0.2, 0) is 11.3 Å². The predicted octanol–water partition coefficient (Wildman–Crippen LogP) is 5.33. The van der Waals surface area contributed by atoms with Crippen LogP contribution in [0.25, 0.3) is 11.0 Å². The van der Waals surface area contributed by atoms with Crippen LogP contribution in [0.4, 0.5) is 5.69 Å². The number of imidazole rings is 1. The second-order valence-corrected chi connectivity index (χ2v) is 8.37. The van der Waals surface area contributed by atoms with Gasteiger partial charge in [0.05, 0.1) is 17.6 Å². The molecule has 0 saturated carbocycles. The third-order valence-electron chi connectivity index (χ3n) is 6.06. The minimum atomic E-state index is 0.0770. The maximum atomic E-state index is 12.8. The molecule has 1 aliphatic rings. The monoisotopic (exact) mass is 425 g/mol. The Morgan fingerprint density at radius 2 is 1.72 bits per heavy atom. The van der Waals surface area contributed by atoms with E-state index in [4.69, 9.17) is 9.72 Å². The van der Waals surface area contributed by atoms with Crippen molar-refractivity contribution in [1.29, 1.82) is 0 Å². The van der Waals surface area contributed by atoms with Crippen LogP contribution in [0.3, 0.4) is 0 Å². The Bertz CT molecular complexity index is 1210. The molecule has 1 aromatic heterocycles. The molecule has 162 valence electrons. The maximum absolute atomic E-state index is 12.8. The SMILES string of the molecule is Cc1ccc(OCCCn2c(C3CC(=O)N(c4ccccc4)C3)nc3ccccc32)cc1. The molecule has 0 aliphatic carbocycles. The van der Waals surface area contributed by atoms with Gasteiger partial charge in [-0.1, -0.05) is 48.0 Å². The smallest absolute Gasteiger partial charge is 0.227 e. The van der Waals surface area contributed by atoms with E-state index in [0.717, 1.165) is 41.3 Å². The number of para-hydroxylation sites is 3. The lowest BCUT2D eigenvalue weighted by atomic mass is 10.1. The largest absolute Gasteiger partial charge is 0.494 e. The summed E-state index contributed by atoms with van der Waals surface area (Å²) in [6.07, 6.45) is 1.35. The van der Waals surface area contributed by atoms with E-state index in [1.165, 1.54) is 5.56 Å². The molecule has 0 N–H and O–H groups in total. The number of hydrogen-bond acceptors (Lipinski definition) is 3. The number of ether oxygens (including phenoxy) is 1. The van der Waals surface area contributed by atoms with Crippen LogP contribution in [-0.4, -0.2) is 28.6 Å². The molecule has 1 aliphatic heterocycles. The van der Waals surface area contributed by atoms with Crippen molar-refractivity contribution < 1.29 is 9.53 Å². The van der Waals surface area contributed by atoms with Gasteiger partial charge in [-0.15, -0.1) is 0 Å². The number of hydrogen-bond donors (Lipinski definition) is 0. The van der Waals surface area contributed by atoms with Crippen molar-refractivity contribution in [2.75, 3.05) is 18.1 Å². The lowest BCUT2D eigenvalue weighted by molar-refractivity contribution is -0.117. The molecular formula is C27H27N3O2. The third-order valence-corrected chi connectivity index (χ3v) is 6.06. The Kier molecular flexibility index (Phi) is 5.63. The lowest BCUT2D eigenvalue weighted by Gasteiger charge is -2.17. The summed E-state index contributed by atoms with van der Waals surface area (Å²) in [7, 11) is 0. The number of rotatable bonds is 7. The van der Waals surface area contributed by atoms with Crippen LogP contribution in [0, 0.1) is 6.92 Å². The normalized spacial score (nSPS) is 16.1. The fraction of sp³-hybridized carbons (Fsp3) is 0.259. The van der Waals surface area contributed by atoms with Crippen LogP contribution in [0.2, 0.25) is 0 Å². The van der Waals surface area contributed by atoms with E-state index in [1.54, 1.807) is 0 Å². The minimum Gasteiger partial charge on any atom is -0.494 e. The zero-order valence-corrected chi connectivity index (χ0v) is 18.3. The molecule has 0 bridgehead atoms. The maximum Gasteiger partial charge on any atom is 0.227 e. The molecular weight excluding hydrogens is 398 g/mol. The molecule has 1 unspecified atom stereocenters. The highest BCUT2D eigenvalue weighted by Gasteiger charge is 2.34. The molecule has 4 aromatic rings. The summed E-state index contributed by atoms with van der Waals surface area (Å²) in [4.78, 5) is 19.6. The van der Waals surface area contributed by atoms with Crippen molar-refractivity contribution >= 4 is 22.6 Å². The van der Waals surface area contributed by atoms with Crippen LogP contribution in [0.1, 0.15) is 30.1 Å². The van der Waals surface area contributed by atoms with Gasteiger partial charge in [0, 0.05) is 31.1 Å². The lowest BCUT2D eigenvalue weighted by Crippen LogP contribution is -2.24. The van der Waals surface area contributed by atoms with E-state index in [2.05, 4.69) is 29.7 Å². The second-order valence-electron chi connectivity index (χ2n) is 8.37. The van der Waals surface area contributed by atoms with Gasteiger partial charge in [0.2, 0.25) is 5.91 Å². The molecule has 5 rings (SSSR count). The van der Waals surface area contributed by atoms with Gasteiger partial charge in [0.15, 0.2) is 0 Å². The average Bonchev–Trinajstić information content (AvgIpc) is 3.39. The molecule has 0 spiro atoms. The molecule has 32 heavy (non-hydrogen) atoms. The summed E-state index contributed by atoms with van der Waals surface area (Å²) in [6.45, 7) is 4.17. The number of amides is 1. The molecule has 0 radical (unpaired) electrons. The first kappa shape index (κ1) is 20.3. The third kappa shape index (κ3) is 4.11. The Hall–Kier alpha value is -3.60. The second kappa shape index (κ2) is 8.87. The average molecular weight is 426 g/mol. The molecule has 1 amide bonds. The summed E-state index contributed by atoms with van der Waals surface area (Å²) in [6, 6.07) is 26.3. The van der Waals surface area contributed by atoms with Crippen LogP contribution in [0.5, 0.6) is 5.75 Å². The molecule has 2 heterocycles. The molecule has 1 fully saturated rings. The molecule has 1 atom stereocenters. The van der Waals surface area contributed by atoms with Crippen LogP contribution < -0.4 is 9.64 Å². The van der Waals surface area contributed by atoms with Crippen molar-refractivity contribution in [3.8, 4) is 5.75 Å². The van der Waals surface area contributed by atoms with Crippen LogP contribution >= 0.6 is 0 Å². The number of benzene rings is 3. The molecule has 1 saturated heterocycles. The highest BCUT2D eigenvalue weighted by Crippen LogP contribution is 2.33. The first-order valence-corrected chi connectivity index (χ1v) is 11.2. The van der Waals surface area contributed by atoms with Gasteiger partial charge < -0.3 is 14.2 Å². The number of aromatic nitrogens is 2. The van der Waals surface area contributed by atoms with Gasteiger partial charge >= 0.3 is 0 Å². The zero-order valence-electron chi connectivity index (χ0n) is 18.3. The zero-order chi connectivity index (χ0) is 21.9. The van der Waals surface area contributed by atoms with Crippen molar-refractivity contribution in [1.82, 2.24) is 9.55 Å². The Morgan fingerprint density at radius 1 is 0.969 bits per heavy atom. The number of carbonyl (C=O) groups excluding carboxylic acids is 1. The first-order valence-electron chi connectivity index (χ1n) is 11.2. The van der Waals surface area contributed by atoms with Crippen molar-refractivity contribution in [2.45, 2.75) is 32.2 Å². The number of anilines is 1. The van der Waals surface area contributed by atoms with Gasteiger partial charge in [-0.25, -0.2) is 4.98 Å². The molecule has 5 heteroatoms. The van der Waals surface area contributed by atoms with Gasteiger partial charge in [-0.3, -0.25) is 4.79 Å². The van der Waals surface area contributed by atoms with E-state index in [0.29, 0.717) is 19.6 Å². The fourth-order valence-corrected chi connectivity index (χ4v) is 4.43. The quantitative estimate of drug-likeness (QED) is 0.376. The topological polar surface area (TPSA) is 47.4 Å². The van der Waals surface area contributed by atoms with Crippen molar-refractivity contribution in [3.63, 3.8) is 0 Å². The minimum absolute atomic E-state index is 0.0770. The molecule has 3 aromatic carbocycles. The highest BCUT2D eigenvalue weighted by atomic mass is 16.5. The highest BCUT2D eigenvalue weighted by molar-refractivity contribution is 5.96. The number of carbonyl (C=O) groups is 1. The van der Waals surface area contributed by atoms with E-state index in [-0.39, 0.29) is 11.8 Å². The van der Waals surface area contributed by atoms with E-state index < -0.39 is 0 Å². The number of aryl methyl sites for hydroxylation is 2. The molecule has 5 nitrogen and oxygen atoms in total. The first-order chi connectivity index (χ1) is 15.7. The van der Waals surface area contributed by atoms with Gasteiger partial charge in [-0.2, -0.15) is 0 Å². The Labute approximate surface area is 188 Å². The van der Waals surface area contributed by atoms with Crippen molar-refractivity contribution in [2.24, 2.45) is 0 Å². The standard InChI is InChI=1S/C27H27N3O2/c1-20-12-14-23(15-13-20)32-17-7-16-29-25-11-6-5-10-24(25)28-27(29)21-18-26(31)30(19-21)22-8-3-2-4-9-22/h2-6,8-15,21H,7,16-19H2,1H3. The van der Waals surface area contributed by atoms with Gasteiger partial charge in [-0.05, 0) is 49.7 Å². The summed E-state index contributed by atoms with van der Waals surface area (Å²) in [5, 5.41) is 0. The van der Waals surface area contributed by atoms with E-state index >= 15 is 0 Å². The summed E-state index contributed by atoms with van der Waals surface area (Å²) >= 11 is 0. The van der Waals surface area contributed by atoms with Crippen LogP contribution in [0.15, 0.2) is 78.9 Å². The van der Waals surface area contributed by atoms with Gasteiger partial charge in [0.1, 0.15) is 11.6 Å². The van der Waals surface area contributed by atoms with E-state index in [9.17, 15) is 4.79 Å². The Morgan fingerprint density at radius 3 is 2.53 bits per heavy atom. The number of nitrogens with zero attached hydrogens (tertiary/aromatic N) is 3. The van der Waals surface area contributed by atoms with Crippen molar-refractivity contribution in [3.05, 3.63) is 90.3 Å². The summed E-state index contributed by atoms with van der Waals surface area (Å²) in [5.41, 5.74) is 4.27. The summed E-state index contributed by atoms with van der Waals surface area (Å²) < 4.78 is 8.21. The number of fused-ring (bicyclic) bond motifs is 1. The van der Waals surface area contributed by atoms with E-state index in [1.807, 2.05) is 65.6 Å². The summed E-state index contributed by atoms with van der Waals surface area (Å²) in [5.74, 6) is 2.12. The predicted molar refractivity (Wildman–Crippen MR) is 127 cm³/mol. The Balaban J connectivity index is 1.34.